The highest BCUT2D eigenvalue weighted by atomic mass is 32.2. The Morgan fingerprint density at radius 1 is 0.981 bits per heavy atom. The third kappa shape index (κ3) is 10.2. The molecular weight excluding hydrogens is 695 g/mol. The van der Waals surface area contributed by atoms with Crippen LogP contribution in [0.1, 0.15) is 61.2 Å². The number of morpholine rings is 1. The van der Waals surface area contributed by atoms with Gasteiger partial charge in [0.15, 0.2) is 9.84 Å². The monoisotopic (exact) mass is 741 g/mol. The Morgan fingerprint density at radius 2 is 1.74 bits per heavy atom. The summed E-state index contributed by atoms with van der Waals surface area (Å²) >= 11 is 0. The van der Waals surface area contributed by atoms with Crippen molar-refractivity contribution < 1.29 is 27.5 Å². The van der Waals surface area contributed by atoms with Crippen molar-refractivity contribution in [3.05, 3.63) is 107 Å². The fraction of sp³-hybridized carbons (Fsp3) is 0.385. The number of sulfone groups is 1. The summed E-state index contributed by atoms with van der Waals surface area (Å²) < 4.78 is 38.6. The van der Waals surface area contributed by atoms with E-state index in [9.17, 15) is 18.0 Å². The lowest BCUT2D eigenvalue weighted by atomic mass is 9.92. The number of hydrogen-bond donors (Lipinski definition) is 3. The van der Waals surface area contributed by atoms with Crippen molar-refractivity contribution in [1.82, 2.24) is 25.0 Å². The van der Waals surface area contributed by atoms with Crippen LogP contribution in [0, 0.1) is 6.92 Å². The largest absolute Gasteiger partial charge is 0.379 e. The molecule has 0 spiro atoms. The molecule has 3 N–H and O–H groups in total. The standard InChI is InChI=1S/C39H47N7O6S/c1-27-9-11-29(12-10-27)46-36(24-34(44-46)39(2,3)4)43-38(48)41-32-13-14-33(31-8-6-5-7-30(31)32)52-25-28-15-16-40-35(23-28)42-37(47)26-53(49,50)22-19-45-17-20-51-21-18-45/h5-13,15-16,23-24,33H,14,17-22,25-26H2,1-4H3,(H,40,42,47)(H2,41,43,48). The zero-order valence-electron chi connectivity index (χ0n) is 30.6. The maximum absolute atomic E-state index is 13.5. The van der Waals surface area contributed by atoms with Gasteiger partial charge in [0, 0.05) is 48.6 Å². The smallest absolute Gasteiger partial charge is 0.324 e. The Balaban J connectivity index is 1.06. The number of carbonyl (C=O) groups excluding carboxylic acids is 2. The van der Waals surface area contributed by atoms with E-state index in [1.807, 2.05) is 72.5 Å². The highest BCUT2D eigenvalue weighted by Gasteiger charge is 2.26. The van der Waals surface area contributed by atoms with Gasteiger partial charge in [-0.05, 0) is 48.7 Å². The van der Waals surface area contributed by atoms with E-state index < -0.39 is 27.5 Å². The van der Waals surface area contributed by atoms with Crippen molar-refractivity contribution in [3.63, 3.8) is 0 Å². The van der Waals surface area contributed by atoms with Crippen LogP contribution in [0.3, 0.4) is 0 Å². The highest BCUT2D eigenvalue weighted by Crippen LogP contribution is 2.35. The molecule has 2 aromatic carbocycles. The van der Waals surface area contributed by atoms with Crippen LogP contribution in [0.4, 0.5) is 16.4 Å². The summed E-state index contributed by atoms with van der Waals surface area (Å²) in [6, 6.07) is 20.7. The summed E-state index contributed by atoms with van der Waals surface area (Å²) in [6.07, 6.45) is 3.72. The van der Waals surface area contributed by atoms with Crippen molar-refractivity contribution in [2.75, 3.05) is 55.0 Å². The molecule has 4 aromatic rings. The number of pyridine rings is 1. The number of hydrogen-bond acceptors (Lipinski definition) is 9. The highest BCUT2D eigenvalue weighted by molar-refractivity contribution is 7.92. The van der Waals surface area contributed by atoms with E-state index in [1.54, 1.807) is 23.0 Å². The average Bonchev–Trinajstić information content (AvgIpc) is 3.55. The second-order valence-electron chi connectivity index (χ2n) is 14.4. The number of fused-ring (bicyclic) bond motifs is 1. The minimum Gasteiger partial charge on any atom is -0.379 e. The van der Waals surface area contributed by atoms with Crippen LogP contribution in [0.15, 0.2) is 79.0 Å². The van der Waals surface area contributed by atoms with Crippen LogP contribution >= 0.6 is 0 Å². The van der Waals surface area contributed by atoms with E-state index in [2.05, 4.69) is 41.7 Å². The van der Waals surface area contributed by atoms with E-state index in [-0.39, 0.29) is 29.7 Å². The molecule has 0 saturated carbocycles. The summed E-state index contributed by atoms with van der Waals surface area (Å²) in [5.74, 6) is -0.547. The molecular formula is C39H47N7O6S. The molecule has 0 radical (unpaired) electrons. The summed E-state index contributed by atoms with van der Waals surface area (Å²) in [5, 5.41) is 13.5. The number of anilines is 2. The van der Waals surface area contributed by atoms with Gasteiger partial charge in [0.2, 0.25) is 5.91 Å². The molecule has 2 aliphatic rings. The fourth-order valence-corrected chi connectivity index (χ4v) is 7.28. The summed E-state index contributed by atoms with van der Waals surface area (Å²) in [4.78, 5) is 32.3. The molecule has 1 atom stereocenters. The predicted molar refractivity (Wildman–Crippen MR) is 205 cm³/mol. The van der Waals surface area contributed by atoms with Crippen molar-refractivity contribution in [2.45, 2.75) is 52.2 Å². The lowest BCUT2D eigenvalue weighted by molar-refractivity contribution is -0.113. The first-order chi connectivity index (χ1) is 25.3. The van der Waals surface area contributed by atoms with Crippen LogP contribution in [0.25, 0.3) is 11.4 Å². The first-order valence-corrected chi connectivity index (χ1v) is 19.6. The molecule has 1 fully saturated rings. The maximum Gasteiger partial charge on any atom is 0.324 e. The Morgan fingerprint density at radius 3 is 2.49 bits per heavy atom. The number of benzene rings is 2. The molecule has 1 unspecified atom stereocenters. The lowest BCUT2D eigenvalue weighted by Gasteiger charge is -2.26. The van der Waals surface area contributed by atoms with Gasteiger partial charge in [0.05, 0.1) is 43.1 Å². The number of aromatic nitrogens is 3. The second-order valence-corrected chi connectivity index (χ2v) is 16.6. The van der Waals surface area contributed by atoms with Crippen LogP contribution in [-0.2, 0) is 36.1 Å². The molecule has 13 nitrogen and oxygen atoms in total. The third-order valence-corrected chi connectivity index (χ3v) is 10.6. The molecule has 1 saturated heterocycles. The molecule has 0 bridgehead atoms. The van der Waals surface area contributed by atoms with E-state index >= 15 is 0 Å². The molecule has 53 heavy (non-hydrogen) atoms. The molecule has 3 amide bonds. The zero-order valence-corrected chi connectivity index (χ0v) is 31.4. The van der Waals surface area contributed by atoms with E-state index in [1.165, 1.54) is 0 Å². The van der Waals surface area contributed by atoms with Gasteiger partial charge < -0.3 is 20.1 Å². The number of rotatable bonds is 12. The third-order valence-electron chi connectivity index (χ3n) is 9.10. The number of aryl methyl sites for hydroxylation is 1. The van der Waals surface area contributed by atoms with E-state index in [4.69, 9.17) is 14.6 Å². The van der Waals surface area contributed by atoms with Gasteiger partial charge in [-0.25, -0.2) is 22.9 Å². The van der Waals surface area contributed by atoms with Gasteiger partial charge in [0.1, 0.15) is 17.4 Å². The quantitative estimate of drug-likeness (QED) is 0.173. The van der Waals surface area contributed by atoms with Crippen LogP contribution in [0.5, 0.6) is 0 Å². The van der Waals surface area contributed by atoms with Gasteiger partial charge in [-0.3, -0.25) is 15.0 Å². The number of amides is 3. The van der Waals surface area contributed by atoms with Crippen LogP contribution in [0.2, 0.25) is 0 Å². The maximum atomic E-state index is 13.5. The minimum absolute atomic E-state index is 0.0983. The second kappa shape index (κ2) is 16.4. The van der Waals surface area contributed by atoms with Gasteiger partial charge in [-0.1, -0.05) is 68.8 Å². The topological polar surface area (TPSA) is 157 Å². The van der Waals surface area contributed by atoms with Crippen LogP contribution in [-0.4, -0.2) is 84.4 Å². The molecule has 14 heteroatoms. The fourth-order valence-electron chi connectivity index (χ4n) is 6.12. The molecule has 2 aromatic heterocycles. The number of carbonyl (C=O) groups is 2. The van der Waals surface area contributed by atoms with Gasteiger partial charge in [-0.2, -0.15) is 5.10 Å². The van der Waals surface area contributed by atoms with E-state index in [0.717, 1.165) is 33.6 Å². The molecule has 3 heterocycles. The Hall–Kier alpha value is -4.89. The van der Waals surface area contributed by atoms with Crippen molar-refractivity contribution in [3.8, 4) is 5.69 Å². The summed E-state index contributed by atoms with van der Waals surface area (Å²) in [7, 11) is -3.60. The Labute approximate surface area is 310 Å². The lowest BCUT2D eigenvalue weighted by Crippen LogP contribution is -2.40. The van der Waals surface area contributed by atoms with Gasteiger partial charge in [0.25, 0.3) is 0 Å². The first-order valence-electron chi connectivity index (χ1n) is 17.7. The molecule has 1 aliphatic heterocycles. The van der Waals surface area contributed by atoms with Gasteiger partial charge in [-0.15, -0.1) is 0 Å². The Bertz CT molecular complexity index is 2070. The number of nitrogens with zero attached hydrogens (tertiary/aromatic N) is 4. The number of nitrogens with one attached hydrogen (secondary N) is 3. The van der Waals surface area contributed by atoms with Crippen LogP contribution < -0.4 is 16.0 Å². The number of ether oxygens (including phenoxy) is 2. The van der Waals surface area contributed by atoms with Gasteiger partial charge >= 0.3 is 6.03 Å². The van der Waals surface area contributed by atoms with Crippen molar-refractivity contribution in [2.24, 2.45) is 0 Å². The first kappa shape index (κ1) is 37.9. The average molecular weight is 742 g/mol. The van der Waals surface area contributed by atoms with E-state index in [0.29, 0.717) is 50.8 Å². The minimum atomic E-state index is -3.60. The predicted octanol–water partition coefficient (Wildman–Crippen LogP) is 5.38. The zero-order chi connectivity index (χ0) is 37.6. The SMILES string of the molecule is Cc1ccc(-n2nc(C(C)(C)C)cc2NC(=O)NC2=CCC(OCc3ccnc(NC(=O)CS(=O)(=O)CCN4CCOCC4)c3)c3ccccc32)cc1. The Kier molecular flexibility index (Phi) is 11.7. The normalized spacial score (nSPS) is 16.4. The van der Waals surface area contributed by atoms with Crippen molar-refractivity contribution in [1.29, 1.82) is 0 Å². The molecule has 6 rings (SSSR count). The molecule has 1 aliphatic carbocycles. The summed E-state index contributed by atoms with van der Waals surface area (Å²) in [5.41, 5.74) is 5.80. The molecule has 280 valence electrons. The number of urea groups is 1. The summed E-state index contributed by atoms with van der Waals surface area (Å²) in [6.45, 7) is 11.4. The van der Waals surface area contributed by atoms with Crippen molar-refractivity contribution >= 4 is 39.1 Å².